The van der Waals surface area contributed by atoms with Crippen molar-refractivity contribution in [2.75, 3.05) is 11.9 Å². The van der Waals surface area contributed by atoms with Gasteiger partial charge in [0.2, 0.25) is 5.91 Å². The lowest BCUT2D eigenvalue weighted by Crippen LogP contribution is -2.23. The number of nitrogens with one attached hydrogen (secondary N) is 2. The van der Waals surface area contributed by atoms with Gasteiger partial charge in [-0.15, -0.1) is 0 Å². The average molecular weight is 240 g/mol. The van der Waals surface area contributed by atoms with Crippen LogP contribution < -0.4 is 10.6 Å². The maximum atomic E-state index is 12.9. The largest absolute Gasteiger partial charge is 0.326 e. The van der Waals surface area contributed by atoms with Crippen molar-refractivity contribution in [1.29, 1.82) is 0 Å². The third-order valence-corrected chi connectivity index (χ3v) is 2.57. The summed E-state index contributed by atoms with van der Waals surface area (Å²) in [6.45, 7) is 0.611. The number of benzene rings is 1. The molecule has 1 aromatic carbocycles. The van der Waals surface area contributed by atoms with Gasteiger partial charge in [0.25, 0.3) is 0 Å². The first kappa shape index (κ1) is 12.0. The zero-order chi connectivity index (χ0) is 12.3. The summed E-state index contributed by atoms with van der Waals surface area (Å²) in [6, 6.07) is 3.87. The van der Waals surface area contributed by atoms with Crippen LogP contribution in [0.25, 0.3) is 0 Å². The molecule has 0 bridgehead atoms. The first-order chi connectivity index (χ1) is 8.15. The van der Waals surface area contributed by atoms with Crippen LogP contribution >= 0.6 is 0 Å². The number of amides is 1. The normalized spacial score (nSPS) is 14.7. The van der Waals surface area contributed by atoms with Crippen LogP contribution in [0.4, 0.5) is 14.5 Å². The van der Waals surface area contributed by atoms with Gasteiger partial charge in [-0.1, -0.05) is 0 Å². The molecule has 1 aliphatic carbocycles. The van der Waals surface area contributed by atoms with E-state index < -0.39 is 11.6 Å². The van der Waals surface area contributed by atoms with Gasteiger partial charge in [-0.3, -0.25) is 4.79 Å². The second-order valence-electron chi connectivity index (χ2n) is 4.16. The molecule has 0 aromatic heterocycles. The summed E-state index contributed by atoms with van der Waals surface area (Å²) in [5.41, 5.74) is 0.278. The van der Waals surface area contributed by atoms with E-state index in [9.17, 15) is 13.6 Å². The van der Waals surface area contributed by atoms with E-state index in [0.717, 1.165) is 12.1 Å². The van der Waals surface area contributed by atoms with Gasteiger partial charge in [-0.05, 0) is 25.0 Å². The highest BCUT2D eigenvalue weighted by atomic mass is 19.2. The van der Waals surface area contributed by atoms with Crippen molar-refractivity contribution >= 4 is 11.6 Å². The molecule has 17 heavy (non-hydrogen) atoms. The third kappa shape index (κ3) is 3.78. The van der Waals surface area contributed by atoms with Crippen LogP contribution in [-0.2, 0) is 4.79 Å². The molecule has 0 unspecified atom stereocenters. The van der Waals surface area contributed by atoms with Gasteiger partial charge in [0.05, 0.1) is 0 Å². The molecule has 0 spiro atoms. The number of carbonyl (C=O) groups is 1. The average Bonchev–Trinajstić information content (AvgIpc) is 3.07. The van der Waals surface area contributed by atoms with E-state index in [1.807, 2.05) is 0 Å². The van der Waals surface area contributed by atoms with E-state index in [0.29, 0.717) is 19.0 Å². The fourth-order valence-electron chi connectivity index (χ4n) is 1.47. The number of hydrogen-bond donors (Lipinski definition) is 2. The number of anilines is 1. The molecule has 1 saturated carbocycles. The summed E-state index contributed by atoms with van der Waals surface area (Å²) in [4.78, 5) is 11.4. The summed E-state index contributed by atoms with van der Waals surface area (Å²) in [5.74, 6) is -2.08. The molecule has 1 aromatic rings. The Morgan fingerprint density at radius 1 is 1.29 bits per heavy atom. The standard InChI is InChI=1S/C12H14F2N2O/c13-10-4-3-9(7-11(10)14)16-12(17)5-6-15-8-1-2-8/h3-4,7-8,15H,1-2,5-6H2,(H,16,17). The van der Waals surface area contributed by atoms with E-state index in [4.69, 9.17) is 0 Å². The maximum absolute atomic E-state index is 12.9. The molecule has 0 atom stereocenters. The fraction of sp³-hybridized carbons (Fsp3) is 0.417. The van der Waals surface area contributed by atoms with E-state index in [2.05, 4.69) is 10.6 Å². The Hall–Kier alpha value is -1.49. The smallest absolute Gasteiger partial charge is 0.225 e. The third-order valence-electron chi connectivity index (χ3n) is 2.57. The van der Waals surface area contributed by atoms with Crippen LogP contribution in [-0.4, -0.2) is 18.5 Å². The molecule has 1 aliphatic rings. The minimum absolute atomic E-state index is 0.204. The Kier molecular flexibility index (Phi) is 3.68. The lowest BCUT2D eigenvalue weighted by atomic mass is 10.3. The summed E-state index contributed by atoms with van der Waals surface area (Å²) < 4.78 is 25.5. The molecule has 2 N–H and O–H groups in total. The fourth-order valence-corrected chi connectivity index (χ4v) is 1.47. The molecular formula is C12H14F2N2O. The Balaban J connectivity index is 1.77. The molecular weight excluding hydrogens is 226 g/mol. The molecule has 92 valence electrons. The summed E-state index contributed by atoms with van der Waals surface area (Å²) in [7, 11) is 0. The van der Waals surface area contributed by atoms with E-state index in [1.165, 1.54) is 18.9 Å². The van der Waals surface area contributed by atoms with Crippen LogP contribution in [0.5, 0.6) is 0 Å². The summed E-state index contributed by atoms with van der Waals surface area (Å²) in [5, 5.41) is 5.72. The van der Waals surface area contributed by atoms with E-state index >= 15 is 0 Å². The van der Waals surface area contributed by atoms with Crippen molar-refractivity contribution in [2.24, 2.45) is 0 Å². The first-order valence-electron chi connectivity index (χ1n) is 5.63. The SMILES string of the molecule is O=C(CCNC1CC1)Nc1ccc(F)c(F)c1. The second-order valence-corrected chi connectivity index (χ2v) is 4.16. The summed E-state index contributed by atoms with van der Waals surface area (Å²) in [6.07, 6.45) is 2.67. The lowest BCUT2D eigenvalue weighted by Gasteiger charge is -2.06. The topological polar surface area (TPSA) is 41.1 Å². The van der Waals surface area contributed by atoms with E-state index in [1.54, 1.807) is 0 Å². The second kappa shape index (κ2) is 5.23. The molecule has 0 radical (unpaired) electrons. The van der Waals surface area contributed by atoms with Crippen LogP contribution in [0.15, 0.2) is 18.2 Å². The molecule has 5 heteroatoms. The predicted molar refractivity (Wildman–Crippen MR) is 60.6 cm³/mol. The monoisotopic (exact) mass is 240 g/mol. The van der Waals surface area contributed by atoms with Crippen LogP contribution in [0.3, 0.4) is 0 Å². The van der Waals surface area contributed by atoms with Crippen molar-refractivity contribution in [3.05, 3.63) is 29.8 Å². The number of carbonyl (C=O) groups excluding carboxylic acids is 1. The van der Waals surface area contributed by atoms with Gasteiger partial charge < -0.3 is 10.6 Å². The molecule has 0 heterocycles. The minimum atomic E-state index is -0.959. The van der Waals surface area contributed by atoms with Crippen molar-refractivity contribution in [3.8, 4) is 0 Å². The van der Waals surface area contributed by atoms with Crippen molar-refractivity contribution in [1.82, 2.24) is 5.32 Å². The highest BCUT2D eigenvalue weighted by Crippen LogP contribution is 2.18. The van der Waals surface area contributed by atoms with Gasteiger partial charge in [0.15, 0.2) is 11.6 Å². The van der Waals surface area contributed by atoms with Crippen LogP contribution in [0.2, 0.25) is 0 Å². The number of rotatable bonds is 5. The van der Waals surface area contributed by atoms with Crippen LogP contribution in [0.1, 0.15) is 19.3 Å². The minimum Gasteiger partial charge on any atom is -0.326 e. The van der Waals surface area contributed by atoms with Gasteiger partial charge in [-0.25, -0.2) is 8.78 Å². The molecule has 2 rings (SSSR count). The zero-order valence-electron chi connectivity index (χ0n) is 9.30. The van der Waals surface area contributed by atoms with Gasteiger partial charge in [0, 0.05) is 30.8 Å². The van der Waals surface area contributed by atoms with Gasteiger partial charge in [-0.2, -0.15) is 0 Å². The number of halogens is 2. The molecule has 0 saturated heterocycles. The molecule has 1 amide bonds. The highest BCUT2D eigenvalue weighted by Gasteiger charge is 2.20. The molecule has 1 fully saturated rings. The first-order valence-corrected chi connectivity index (χ1v) is 5.63. The van der Waals surface area contributed by atoms with Crippen molar-refractivity contribution < 1.29 is 13.6 Å². The van der Waals surface area contributed by atoms with E-state index in [-0.39, 0.29) is 11.6 Å². The van der Waals surface area contributed by atoms with Gasteiger partial charge >= 0.3 is 0 Å². The molecule has 3 nitrogen and oxygen atoms in total. The zero-order valence-corrected chi connectivity index (χ0v) is 9.30. The Labute approximate surface area is 98.2 Å². The van der Waals surface area contributed by atoms with Crippen molar-refractivity contribution in [2.45, 2.75) is 25.3 Å². The Morgan fingerprint density at radius 3 is 2.71 bits per heavy atom. The lowest BCUT2D eigenvalue weighted by molar-refractivity contribution is -0.116. The quantitative estimate of drug-likeness (QED) is 0.827. The number of hydrogen-bond acceptors (Lipinski definition) is 2. The Morgan fingerprint density at radius 2 is 2.06 bits per heavy atom. The maximum Gasteiger partial charge on any atom is 0.225 e. The molecule has 0 aliphatic heterocycles. The van der Waals surface area contributed by atoms with Crippen molar-refractivity contribution in [3.63, 3.8) is 0 Å². The predicted octanol–water partition coefficient (Wildman–Crippen LogP) is 2.05. The van der Waals surface area contributed by atoms with Crippen LogP contribution in [0, 0.1) is 11.6 Å². The Bertz CT molecular complexity index is 419. The summed E-state index contributed by atoms with van der Waals surface area (Å²) >= 11 is 0. The highest BCUT2D eigenvalue weighted by molar-refractivity contribution is 5.90. The van der Waals surface area contributed by atoms with Gasteiger partial charge in [0.1, 0.15) is 0 Å².